The van der Waals surface area contributed by atoms with Crippen LogP contribution in [-0.4, -0.2) is 25.8 Å². The maximum Gasteiger partial charge on any atom is 0.285 e. The van der Waals surface area contributed by atoms with E-state index in [0.29, 0.717) is 25.7 Å². The van der Waals surface area contributed by atoms with E-state index in [4.69, 9.17) is 14.2 Å². The lowest BCUT2D eigenvalue weighted by Crippen LogP contribution is -2.48. The van der Waals surface area contributed by atoms with E-state index in [0.717, 1.165) is 18.8 Å². The maximum absolute atomic E-state index is 5.85. The van der Waals surface area contributed by atoms with Gasteiger partial charge >= 0.3 is 0 Å². The summed E-state index contributed by atoms with van der Waals surface area (Å²) < 4.78 is 17.6. The molecule has 3 nitrogen and oxygen atoms in total. The van der Waals surface area contributed by atoms with Crippen molar-refractivity contribution in [2.45, 2.75) is 59.4 Å². The van der Waals surface area contributed by atoms with Crippen LogP contribution >= 0.6 is 0 Å². The Balaban J connectivity index is 2.76. The van der Waals surface area contributed by atoms with Gasteiger partial charge in [-0.1, -0.05) is 19.8 Å². The molecule has 0 spiro atoms. The molecule has 0 aromatic carbocycles. The van der Waals surface area contributed by atoms with Crippen molar-refractivity contribution >= 4 is 0 Å². The normalized spacial score (nSPS) is 26.1. The van der Waals surface area contributed by atoms with Gasteiger partial charge < -0.3 is 14.2 Å². The minimum atomic E-state index is -0.799. The Morgan fingerprint density at radius 2 is 1.47 bits per heavy atom. The van der Waals surface area contributed by atoms with Crippen LogP contribution < -0.4 is 0 Å². The van der Waals surface area contributed by atoms with Crippen LogP contribution in [-0.2, 0) is 14.2 Å². The van der Waals surface area contributed by atoms with Crippen molar-refractivity contribution in [3.05, 3.63) is 0 Å². The van der Waals surface area contributed by atoms with E-state index < -0.39 is 5.97 Å². The Morgan fingerprint density at radius 1 is 0.941 bits per heavy atom. The van der Waals surface area contributed by atoms with Gasteiger partial charge in [-0.25, -0.2) is 0 Å². The van der Waals surface area contributed by atoms with Crippen molar-refractivity contribution in [2.24, 2.45) is 11.8 Å². The first-order chi connectivity index (χ1) is 8.18. The predicted octanol–water partition coefficient (Wildman–Crippen LogP) is 3.58. The summed E-state index contributed by atoms with van der Waals surface area (Å²) in [6.07, 6.45) is 4.85. The Bertz CT molecular complexity index is 189. The third kappa shape index (κ3) is 3.94. The quantitative estimate of drug-likeness (QED) is 0.641. The van der Waals surface area contributed by atoms with Crippen LogP contribution in [0.3, 0.4) is 0 Å². The van der Waals surface area contributed by atoms with Gasteiger partial charge in [0.15, 0.2) is 0 Å². The molecule has 0 aromatic heterocycles. The molecule has 0 bridgehead atoms. The fourth-order valence-corrected chi connectivity index (χ4v) is 2.84. The van der Waals surface area contributed by atoms with Crippen molar-refractivity contribution in [1.29, 1.82) is 0 Å². The average molecular weight is 244 g/mol. The topological polar surface area (TPSA) is 27.7 Å². The first-order valence-electron chi connectivity index (χ1n) is 7.10. The summed E-state index contributed by atoms with van der Waals surface area (Å²) in [5, 5.41) is 0. The van der Waals surface area contributed by atoms with Crippen molar-refractivity contribution in [2.75, 3.05) is 19.8 Å². The molecule has 102 valence electrons. The van der Waals surface area contributed by atoms with Gasteiger partial charge in [0.25, 0.3) is 5.97 Å². The molecule has 3 heteroatoms. The van der Waals surface area contributed by atoms with Gasteiger partial charge in [-0.2, -0.15) is 0 Å². The van der Waals surface area contributed by atoms with E-state index in [9.17, 15) is 0 Å². The lowest BCUT2D eigenvalue weighted by atomic mass is 9.81. The van der Waals surface area contributed by atoms with Crippen LogP contribution in [0.5, 0.6) is 0 Å². The molecule has 1 saturated carbocycles. The second-order valence-corrected chi connectivity index (χ2v) is 4.87. The van der Waals surface area contributed by atoms with Crippen LogP contribution in [0.15, 0.2) is 0 Å². The minimum Gasteiger partial charge on any atom is -0.328 e. The lowest BCUT2D eigenvalue weighted by molar-refractivity contribution is -0.405. The van der Waals surface area contributed by atoms with Crippen molar-refractivity contribution in [3.63, 3.8) is 0 Å². The van der Waals surface area contributed by atoms with Gasteiger partial charge in [0.2, 0.25) is 0 Å². The Kier molecular flexibility index (Phi) is 6.45. The van der Waals surface area contributed by atoms with Crippen LogP contribution in [0.2, 0.25) is 0 Å². The van der Waals surface area contributed by atoms with Crippen molar-refractivity contribution in [3.8, 4) is 0 Å². The largest absolute Gasteiger partial charge is 0.328 e. The van der Waals surface area contributed by atoms with Crippen LogP contribution in [0.25, 0.3) is 0 Å². The van der Waals surface area contributed by atoms with E-state index in [-0.39, 0.29) is 0 Å². The van der Waals surface area contributed by atoms with Crippen LogP contribution in [0, 0.1) is 11.8 Å². The molecule has 2 atom stereocenters. The van der Waals surface area contributed by atoms with Crippen molar-refractivity contribution < 1.29 is 14.2 Å². The van der Waals surface area contributed by atoms with E-state index in [1.54, 1.807) is 0 Å². The summed E-state index contributed by atoms with van der Waals surface area (Å²) in [5.41, 5.74) is 0. The second-order valence-electron chi connectivity index (χ2n) is 4.87. The van der Waals surface area contributed by atoms with Gasteiger partial charge in [-0.3, -0.25) is 0 Å². The molecule has 17 heavy (non-hydrogen) atoms. The summed E-state index contributed by atoms with van der Waals surface area (Å²) in [4.78, 5) is 0. The highest BCUT2D eigenvalue weighted by Crippen LogP contribution is 2.39. The van der Waals surface area contributed by atoms with Gasteiger partial charge in [0.1, 0.15) is 0 Å². The summed E-state index contributed by atoms with van der Waals surface area (Å²) in [7, 11) is 0. The second kappa shape index (κ2) is 7.34. The van der Waals surface area contributed by atoms with Gasteiger partial charge in [-0.05, 0) is 39.5 Å². The summed E-state index contributed by atoms with van der Waals surface area (Å²) in [6.45, 7) is 10.2. The zero-order chi connectivity index (χ0) is 12.7. The monoisotopic (exact) mass is 244 g/mol. The van der Waals surface area contributed by atoms with Gasteiger partial charge in [0.05, 0.1) is 0 Å². The molecule has 0 saturated heterocycles. The number of hydrogen-bond acceptors (Lipinski definition) is 3. The molecule has 0 radical (unpaired) electrons. The third-order valence-electron chi connectivity index (χ3n) is 3.47. The highest BCUT2D eigenvalue weighted by molar-refractivity contribution is 4.78. The number of rotatable bonds is 7. The summed E-state index contributed by atoms with van der Waals surface area (Å²) in [6, 6.07) is 0. The fourth-order valence-electron chi connectivity index (χ4n) is 2.84. The minimum absolute atomic E-state index is 0.367. The molecular weight excluding hydrogens is 216 g/mol. The highest BCUT2D eigenvalue weighted by Gasteiger charge is 2.43. The summed E-state index contributed by atoms with van der Waals surface area (Å²) in [5.74, 6) is 0.313. The predicted molar refractivity (Wildman–Crippen MR) is 68.7 cm³/mol. The van der Waals surface area contributed by atoms with E-state index in [1.165, 1.54) is 12.8 Å². The molecule has 0 heterocycles. The molecule has 1 aliphatic carbocycles. The molecule has 2 unspecified atom stereocenters. The van der Waals surface area contributed by atoms with E-state index in [1.807, 2.05) is 20.8 Å². The van der Waals surface area contributed by atoms with Crippen molar-refractivity contribution in [1.82, 2.24) is 0 Å². The summed E-state index contributed by atoms with van der Waals surface area (Å²) >= 11 is 0. The lowest BCUT2D eigenvalue weighted by Gasteiger charge is -2.42. The third-order valence-corrected chi connectivity index (χ3v) is 3.47. The van der Waals surface area contributed by atoms with E-state index in [2.05, 4.69) is 6.92 Å². The first-order valence-corrected chi connectivity index (χ1v) is 7.10. The number of ether oxygens (including phenoxy) is 3. The Hall–Kier alpha value is -0.120. The average Bonchev–Trinajstić information content (AvgIpc) is 2.30. The molecule has 0 N–H and O–H groups in total. The standard InChI is InChI=1S/C14H28O3/c1-5-15-14(16-6-2,17-7-3)13-10-8-9-12(4)11-13/h12-13H,5-11H2,1-4H3. The van der Waals surface area contributed by atoms with E-state index >= 15 is 0 Å². The number of hydrogen-bond donors (Lipinski definition) is 0. The maximum atomic E-state index is 5.85. The zero-order valence-electron chi connectivity index (χ0n) is 11.8. The zero-order valence-corrected chi connectivity index (χ0v) is 11.8. The molecule has 1 fully saturated rings. The van der Waals surface area contributed by atoms with Crippen LogP contribution in [0.4, 0.5) is 0 Å². The molecular formula is C14H28O3. The fraction of sp³-hybridized carbons (Fsp3) is 1.00. The SMILES string of the molecule is CCOC(OCC)(OCC)C1CCCC(C)C1. The van der Waals surface area contributed by atoms with Crippen LogP contribution in [0.1, 0.15) is 53.4 Å². The molecule has 0 aliphatic heterocycles. The Morgan fingerprint density at radius 3 is 1.88 bits per heavy atom. The highest BCUT2D eigenvalue weighted by atomic mass is 16.9. The Labute approximate surface area is 106 Å². The first kappa shape index (κ1) is 14.9. The smallest absolute Gasteiger partial charge is 0.285 e. The molecule has 1 aliphatic rings. The van der Waals surface area contributed by atoms with Gasteiger partial charge in [0, 0.05) is 25.7 Å². The molecule has 0 amide bonds. The van der Waals surface area contributed by atoms with Gasteiger partial charge in [-0.15, -0.1) is 0 Å². The molecule has 1 rings (SSSR count). The molecule has 0 aromatic rings.